The maximum Gasteiger partial charge on any atom is 0.266 e. The van der Waals surface area contributed by atoms with Crippen molar-refractivity contribution in [2.24, 2.45) is 5.92 Å². The molecule has 0 N–H and O–H groups in total. The second-order valence-corrected chi connectivity index (χ2v) is 9.82. The molecule has 0 spiro atoms. The lowest BCUT2D eigenvalue weighted by Gasteiger charge is -2.30. The summed E-state index contributed by atoms with van der Waals surface area (Å²) in [6.45, 7) is 0. The number of hydroxylamine groups is 1. The van der Waals surface area contributed by atoms with E-state index in [2.05, 4.69) is 30.3 Å². The van der Waals surface area contributed by atoms with Crippen molar-refractivity contribution in [1.29, 1.82) is 0 Å². The first kappa shape index (κ1) is 22.0. The van der Waals surface area contributed by atoms with Gasteiger partial charge in [-0.3, -0.25) is 14.4 Å². The van der Waals surface area contributed by atoms with Gasteiger partial charge in [0.15, 0.2) is 6.10 Å². The number of imide groups is 1. The van der Waals surface area contributed by atoms with Gasteiger partial charge >= 0.3 is 0 Å². The summed E-state index contributed by atoms with van der Waals surface area (Å²) in [7, 11) is 0. The molecular formula is C31H21ClN2O3. The number of hydrogen-bond acceptors (Lipinski definition) is 4. The summed E-state index contributed by atoms with van der Waals surface area (Å²) in [6, 6.07) is 34.4. The van der Waals surface area contributed by atoms with Crippen LogP contribution in [0.3, 0.4) is 0 Å². The highest BCUT2D eigenvalue weighted by Crippen LogP contribution is 2.50. The summed E-state index contributed by atoms with van der Waals surface area (Å²) in [5.74, 6) is -1.37. The van der Waals surface area contributed by atoms with Gasteiger partial charge in [0.25, 0.3) is 5.91 Å². The number of halogens is 1. The molecule has 3 atom stereocenters. The third-order valence-corrected chi connectivity index (χ3v) is 7.57. The zero-order valence-corrected chi connectivity index (χ0v) is 20.4. The van der Waals surface area contributed by atoms with Gasteiger partial charge in [-0.15, -0.1) is 0 Å². The van der Waals surface area contributed by atoms with Gasteiger partial charge in [-0.25, -0.2) is 9.96 Å². The molecule has 0 unspecified atom stereocenters. The van der Waals surface area contributed by atoms with Crippen molar-refractivity contribution in [1.82, 2.24) is 0 Å². The van der Waals surface area contributed by atoms with E-state index in [1.54, 1.807) is 29.3 Å². The predicted octanol–water partition coefficient (Wildman–Crippen LogP) is 6.70. The Balaban J connectivity index is 1.47. The van der Waals surface area contributed by atoms with E-state index in [-0.39, 0.29) is 11.8 Å². The molecule has 180 valence electrons. The van der Waals surface area contributed by atoms with Crippen LogP contribution in [0.5, 0.6) is 0 Å². The Hall–Kier alpha value is -4.19. The SMILES string of the molecule is O=C1[C@@H]2[C@H](ON(c3ccccc3)[C@H]2c2c3ccccc3cc3ccccc23)C(=O)N1c1ccc(Cl)cc1. The molecule has 5 aromatic rings. The molecule has 2 fully saturated rings. The summed E-state index contributed by atoms with van der Waals surface area (Å²) in [5, 5.41) is 6.49. The molecular weight excluding hydrogens is 484 g/mol. The number of benzene rings is 5. The van der Waals surface area contributed by atoms with Crippen molar-refractivity contribution in [3.63, 3.8) is 0 Å². The third kappa shape index (κ3) is 3.35. The fourth-order valence-corrected chi connectivity index (χ4v) is 5.84. The Morgan fingerprint density at radius 2 is 1.24 bits per heavy atom. The standard InChI is InChI=1S/C31H21ClN2O3/c32-21-14-16-22(17-15-21)33-30(35)27-28(34(37-29(27)31(33)36)23-10-2-1-3-11-23)26-24-12-6-4-8-19(24)18-20-9-5-7-13-25(20)26/h1-18,27-29H/t27-,28-,29-/m0/s1. The smallest absolute Gasteiger partial charge is 0.266 e. The molecule has 2 saturated heterocycles. The molecule has 0 bridgehead atoms. The fraction of sp³-hybridized carbons (Fsp3) is 0.0968. The first-order chi connectivity index (χ1) is 18.1. The topological polar surface area (TPSA) is 49.9 Å². The molecule has 0 saturated carbocycles. The predicted molar refractivity (Wildman–Crippen MR) is 145 cm³/mol. The van der Waals surface area contributed by atoms with Crippen molar-refractivity contribution >= 4 is 56.3 Å². The molecule has 7 rings (SSSR count). The number of carbonyl (C=O) groups excluding carboxylic acids is 2. The van der Waals surface area contributed by atoms with Gasteiger partial charge in [-0.2, -0.15) is 0 Å². The molecule has 6 heteroatoms. The molecule has 0 aromatic heterocycles. The van der Waals surface area contributed by atoms with Crippen LogP contribution in [-0.2, 0) is 14.4 Å². The highest BCUT2D eigenvalue weighted by atomic mass is 35.5. The summed E-state index contributed by atoms with van der Waals surface area (Å²) in [4.78, 5) is 35.4. The largest absolute Gasteiger partial charge is 0.273 e. The highest BCUT2D eigenvalue weighted by molar-refractivity contribution is 6.31. The zero-order chi connectivity index (χ0) is 25.1. The van der Waals surface area contributed by atoms with E-state index < -0.39 is 18.1 Å². The molecule has 2 aliphatic heterocycles. The van der Waals surface area contributed by atoms with E-state index in [1.807, 2.05) is 54.6 Å². The first-order valence-electron chi connectivity index (χ1n) is 12.2. The van der Waals surface area contributed by atoms with Crippen LogP contribution in [0.15, 0.2) is 109 Å². The molecule has 5 nitrogen and oxygen atoms in total. The lowest BCUT2D eigenvalue weighted by Crippen LogP contribution is -2.37. The Morgan fingerprint density at radius 3 is 1.89 bits per heavy atom. The normalized spacial score (nSPS) is 21.3. The van der Waals surface area contributed by atoms with Gasteiger partial charge in [0.2, 0.25) is 5.91 Å². The van der Waals surface area contributed by atoms with Gasteiger partial charge in [0, 0.05) is 5.02 Å². The Bertz CT molecular complexity index is 1630. The number of carbonyl (C=O) groups is 2. The number of anilines is 2. The van der Waals surface area contributed by atoms with Crippen molar-refractivity contribution in [2.75, 3.05) is 9.96 Å². The van der Waals surface area contributed by atoms with Gasteiger partial charge < -0.3 is 0 Å². The van der Waals surface area contributed by atoms with E-state index >= 15 is 0 Å². The van der Waals surface area contributed by atoms with E-state index in [0.29, 0.717) is 10.7 Å². The molecule has 2 amide bonds. The maximum atomic E-state index is 14.1. The summed E-state index contributed by atoms with van der Waals surface area (Å²) < 4.78 is 0. The molecule has 2 aliphatic rings. The molecule has 0 aliphatic carbocycles. The number of hydrogen-bond donors (Lipinski definition) is 0. The number of amides is 2. The van der Waals surface area contributed by atoms with Crippen LogP contribution in [0.1, 0.15) is 11.6 Å². The number of fused-ring (bicyclic) bond motifs is 3. The third-order valence-electron chi connectivity index (χ3n) is 7.32. The summed E-state index contributed by atoms with van der Waals surface area (Å²) in [6.07, 6.45) is -0.939. The van der Waals surface area contributed by atoms with Crippen LogP contribution in [0.4, 0.5) is 11.4 Å². The average molecular weight is 505 g/mol. The van der Waals surface area contributed by atoms with Crippen LogP contribution < -0.4 is 9.96 Å². The van der Waals surface area contributed by atoms with Crippen molar-refractivity contribution in [3.8, 4) is 0 Å². The Kier molecular flexibility index (Phi) is 5.03. The van der Waals surface area contributed by atoms with Crippen LogP contribution in [0.2, 0.25) is 5.02 Å². The maximum absolute atomic E-state index is 14.1. The van der Waals surface area contributed by atoms with Gasteiger partial charge in [-0.1, -0.05) is 78.3 Å². The van der Waals surface area contributed by atoms with Crippen molar-refractivity contribution < 1.29 is 14.4 Å². The molecule has 5 aromatic carbocycles. The minimum atomic E-state index is -0.939. The second-order valence-electron chi connectivity index (χ2n) is 9.38. The quantitative estimate of drug-likeness (QED) is 0.203. The van der Waals surface area contributed by atoms with Crippen LogP contribution in [0, 0.1) is 5.92 Å². The minimum absolute atomic E-state index is 0.280. The Labute approximate surface area is 218 Å². The van der Waals surface area contributed by atoms with Crippen molar-refractivity contribution in [3.05, 3.63) is 120 Å². The van der Waals surface area contributed by atoms with Gasteiger partial charge in [-0.05, 0) is 69.6 Å². The van der Waals surface area contributed by atoms with Crippen LogP contribution >= 0.6 is 11.6 Å². The first-order valence-corrected chi connectivity index (χ1v) is 12.5. The van der Waals surface area contributed by atoms with E-state index in [4.69, 9.17) is 16.4 Å². The average Bonchev–Trinajstić information content (AvgIpc) is 3.44. The Morgan fingerprint density at radius 1 is 0.649 bits per heavy atom. The number of nitrogens with zero attached hydrogens (tertiary/aromatic N) is 2. The summed E-state index contributed by atoms with van der Waals surface area (Å²) >= 11 is 6.07. The molecule has 2 heterocycles. The van der Waals surface area contributed by atoms with Gasteiger partial charge in [0.1, 0.15) is 5.92 Å². The van der Waals surface area contributed by atoms with E-state index in [1.165, 1.54) is 4.90 Å². The van der Waals surface area contributed by atoms with E-state index in [0.717, 1.165) is 32.8 Å². The lowest BCUT2D eigenvalue weighted by atomic mass is 9.84. The van der Waals surface area contributed by atoms with Crippen LogP contribution in [-0.4, -0.2) is 17.9 Å². The summed E-state index contributed by atoms with van der Waals surface area (Å²) in [5.41, 5.74) is 2.26. The zero-order valence-electron chi connectivity index (χ0n) is 19.6. The minimum Gasteiger partial charge on any atom is -0.273 e. The highest BCUT2D eigenvalue weighted by Gasteiger charge is 2.60. The molecule has 0 radical (unpaired) electrons. The monoisotopic (exact) mass is 504 g/mol. The van der Waals surface area contributed by atoms with E-state index in [9.17, 15) is 9.59 Å². The van der Waals surface area contributed by atoms with Crippen molar-refractivity contribution in [2.45, 2.75) is 12.1 Å². The second kappa shape index (κ2) is 8.44. The van der Waals surface area contributed by atoms with Crippen LogP contribution in [0.25, 0.3) is 21.5 Å². The number of rotatable bonds is 3. The fourth-order valence-electron chi connectivity index (χ4n) is 5.72. The van der Waals surface area contributed by atoms with Gasteiger partial charge in [0.05, 0.1) is 17.4 Å². The number of para-hydroxylation sites is 1. The lowest BCUT2D eigenvalue weighted by molar-refractivity contribution is -0.126. The molecule has 37 heavy (non-hydrogen) atoms.